The minimum Gasteiger partial charge on any atom is -0.0622 e. The average Bonchev–Trinajstić information content (AvgIpc) is 0.740. The standard InChI is InChI=1S/C42H28.2C40H26/c1-2-12-29(13-3-1)33-16-10-17-34(28-33)30-24-26-32(27-25-30)41-37-19-6-8-21-39(37)42(40-22-9-7-20-38(40)41)36-23-11-15-31-14-4-5-18-35(31)36;1-2-11-27(12-3-1)29-21-22-31-26-32(24-23-30(31)25-29)39-35-16-6-8-18-37(35)40(38-19-9-7-17-36(38)39)34-20-10-14-28-13-4-5-15-33(28)34;1-2-10-27(11-3-1)30-19-20-32-26-34(23-21-31(32)24-30)40-37-16-8-6-14-35(37)39(36-15-7-9-17-38(36)40)33-22-18-28-12-4-5-13-29(28)25-33/h1-28H;2*1-26H. The Morgan fingerprint density at radius 2 is 0.270 bits per heavy atom. The van der Waals surface area contributed by atoms with Crippen LogP contribution in [0.1, 0.15) is 0 Å². The van der Waals surface area contributed by atoms with E-state index in [9.17, 15) is 0 Å². The van der Waals surface area contributed by atoms with E-state index in [-0.39, 0.29) is 0 Å². The zero-order valence-corrected chi connectivity index (χ0v) is 67.2. The highest BCUT2D eigenvalue weighted by Crippen LogP contribution is 2.50. The van der Waals surface area contributed by atoms with Crippen LogP contribution in [0, 0.1) is 0 Å². The molecule has 0 radical (unpaired) electrons. The first kappa shape index (κ1) is 72.6. The molecule has 0 amide bonds. The molecule has 0 nitrogen and oxygen atoms in total. The molecule has 24 aromatic carbocycles. The van der Waals surface area contributed by atoms with Gasteiger partial charge in [0.15, 0.2) is 0 Å². The van der Waals surface area contributed by atoms with E-state index in [4.69, 9.17) is 0 Å². The van der Waals surface area contributed by atoms with Crippen LogP contribution in [0.4, 0.5) is 0 Å². The fourth-order valence-electron chi connectivity index (χ4n) is 19.2. The second-order valence-corrected chi connectivity index (χ2v) is 31.9. The van der Waals surface area contributed by atoms with Crippen LogP contribution in [0.25, 0.3) is 230 Å². The fraction of sp³-hybridized carbons (Fsp3) is 0. The van der Waals surface area contributed by atoms with Gasteiger partial charge < -0.3 is 0 Å². The lowest BCUT2D eigenvalue weighted by Crippen LogP contribution is -1.91. The molecule has 0 bridgehead atoms. The lowest BCUT2D eigenvalue weighted by molar-refractivity contribution is 1.58. The summed E-state index contributed by atoms with van der Waals surface area (Å²) in [6.45, 7) is 0. The Balaban J connectivity index is 0.000000109. The zero-order chi connectivity index (χ0) is 80.8. The van der Waals surface area contributed by atoms with Crippen LogP contribution in [0.3, 0.4) is 0 Å². The Labute approximate surface area is 710 Å². The van der Waals surface area contributed by atoms with Crippen molar-refractivity contribution >= 4 is 118 Å². The van der Waals surface area contributed by atoms with Crippen molar-refractivity contribution in [1.82, 2.24) is 0 Å². The Hall–Kier alpha value is -15.9. The number of hydrogen-bond donors (Lipinski definition) is 0. The fourth-order valence-corrected chi connectivity index (χ4v) is 19.2. The van der Waals surface area contributed by atoms with Crippen LogP contribution in [-0.2, 0) is 0 Å². The maximum Gasteiger partial charge on any atom is -0.00201 e. The average molecular weight is 1550 g/mol. The van der Waals surface area contributed by atoms with E-state index in [0.717, 1.165) is 0 Å². The molecule has 0 heteroatoms. The molecule has 24 rings (SSSR count). The van der Waals surface area contributed by atoms with Gasteiger partial charge in [0.25, 0.3) is 0 Å². The molecule has 0 spiro atoms. The predicted octanol–water partition coefficient (Wildman–Crippen LogP) is 34.4. The van der Waals surface area contributed by atoms with Gasteiger partial charge >= 0.3 is 0 Å². The summed E-state index contributed by atoms with van der Waals surface area (Å²) in [7, 11) is 0. The summed E-state index contributed by atoms with van der Waals surface area (Å²) < 4.78 is 0. The molecule has 0 saturated carbocycles. The van der Waals surface area contributed by atoms with Gasteiger partial charge in [0, 0.05) is 0 Å². The molecule has 0 N–H and O–H groups in total. The van der Waals surface area contributed by atoms with Crippen molar-refractivity contribution in [3.8, 4) is 111 Å². The quantitative estimate of drug-likeness (QED) is 0.120. The van der Waals surface area contributed by atoms with Gasteiger partial charge in [-0.1, -0.05) is 449 Å². The van der Waals surface area contributed by atoms with Gasteiger partial charge in [-0.05, 0) is 266 Å². The van der Waals surface area contributed by atoms with Crippen molar-refractivity contribution in [3.05, 3.63) is 485 Å². The van der Waals surface area contributed by atoms with Crippen LogP contribution in [0.15, 0.2) is 485 Å². The van der Waals surface area contributed by atoms with Crippen LogP contribution >= 0.6 is 0 Å². The first-order chi connectivity index (χ1) is 60.5. The Morgan fingerprint density at radius 1 is 0.0820 bits per heavy atom. The third-order valence-corrected chi connectivity index (χ3v) is 24.9. The van der Waals surface area contributed by atoms with Gasteiger partial charge in [0.1, 0.15) is 0 Å². The SMILES string of the molecule is c1ccc(-c2ccc3cc(-c4c5ccccc5c(-c5ccc6ccccc6c5)c5ccccc45)ccc3c2)cc1.c1ccc(-c2ccc3cc(-c4c5ccccc5c(-c5cccc6ccccc56)c5ccccc45)ccc3c2)cc1.c1ccc(-c2cccc(-c3ccc(-c4c5ccccc5c(-c5cccc6ccccc56)c5ccccc45)cc3)c2)cc1. The minimum atomic E-state index is 1.22. The molecule has 0 unspecified atom stereocenters. The zero-order valence-electron chi connectivity index (χ0n) is 67.2. The van der Waals surface area contributed by atoms with Crippen LogP contribution in [0.5, 0.6) is 0 Å². The van der Waals surface area contributed by atoms with Gasteiger partial charge in [-0.15, -0.1) is 0 Å². The lowest BCUT2D eigenvalue weighted by Gasteiger charge is -2.19. The number of rotatable bonds is 10. The summed E-state index contributed by atoms with van der Waals surface area (Å²) in [4.78, 5) is 0. The molecule has 0 fully saturated rings. The molecule has 0 aliphatic carbocycles. The highest BCUT2D eigenvalue weighted by atomic mass is 14.3. The summed E-state index contributed by atoms with van der Waals surface area (Å²) in [5.41, 5.74) is 25.2. The van der Waals surface area contributed by atoms with Crippen LogP contribution in [0.2, 0.25) is 0 Å². The van der Waals surface area contributed by atoms with Gasteiger partial charge in [-0.25, -0.2) is 0 Å². The van der Waals surface area contributed by atoms with Crippen molar-refractivity contribution in [3.63, 3.8) is 0 Å². The van der Waals surface area contributed by atoms with Crippen molar-refractivity contribution in [2.45, 2.75) is 0 Å². The number of benzene rings is 24. The summed E-state index contributed by atoms with van der Waals surface area (Å²) in [6, 6.07) is 177. The van der Waals surface area contributed by atoms with Gasteiger partial charge in [-0.2, -0.15) is 0 Å². The van der Waals surface area contributed by atoms with Crippen molar-refractivity contribution in [2.75, 3.05) is 0 Å². The van der Waals surface area contributed by atoms with Gasteiger partial charge in [0.2, 0.25) is 0 Å². The second-order valence-electron chi connectivity index (χ2n) is 31.9. The number of hydrogen-bond acceptors (Lipinski definition) is 0. The Kier molecular flexibility index (Phi) is 18.8. The van der Waals surface area contributed by atoms with E-state index in [1.54, 1.807) is 0 Å². The van der Waals surface area contributed by atoms with E-state index in [0.29, 0.717) is 0 Å². The predicted molar refractivity (Wildman–Crippen MR) is 526 cm³/mol. The van der Waals surface area contributed by atoms with Crippen LogP contribution in [-0.4, -0.2) is 0 Å². The molecule has 0 saturated heterocycles. The maximum atomic E-state index is 2.36. The monoisotopic (exact) mass is 1540 g/mol. The molecule has 24 aromatic rings. The summed E-state index contributed by atoms with van der Waals surface area (Å²) >= 11 is 0. The highest BCUT2D eigenvalue weighted by molar-refractivity contribution is 6.27. The van der Waals surface area contributed by atoms with Gasteiger partial charge in [-0.3, -0.25) is 0 Å². The molecule has 568 valence electrons. The van der Waals surface area contributed by atoms with Crippen molar-refractivity contribution in [1.29, 1.82) is 0 Å². The molecular formula is C122H80. The summed E-state index contributed by atoms with van der Waals surface area (Å²) in [5.74, 6) is 0. The Morgan fingerprint density at radius 3 is 0.607 bits per heavy atom. The maximum absolute atomic E-state index is 2.36. The summed E-state index contributed by atoms with van der Waals surface area (Å²) in [6.07, 6.45) is 0. The van der Waals surface area contributed by atoms with Crippen molar-refractivity contribution in [2.24, 2.45) is 0 Å². The van der Waals surface area contributed by atoms with Crippen LogP contribution < -0.4 is 0 Å². The Bertz CT molecular complexity index is 7970. The minimum absolute atomic E-state index is 1.22. The van der Waals surface area contributed by atoms with E-state index in [1.165, 1.54) is 230 Å². The molecule has 0 aromatic heterocycles. The molecule has 0 atom stereocenters. The van der Waals surface area contributed by atoms with Crippen molar-refractivity contribution < 1.29 is 0 Å². The van der Waals surface area contributed by atoms with E-state index >= 15 is 0 Å². The molecule has 0 aliphatic heterocycles. The lowest BCUT2D eigenvalue weighted by atomic mass is 9.84. The highest BCUT2D eigenvalue weighted by Gasteiger charge is 2.23. The first-order valence-electron chi connectivity index (χ1n) is 42.2. The summed E-state index contributed by atoms with van der Waals surface area (Å²) in [5, 5.41) is 28.0. The largest absolute Gasteiger partial charge is 0.0622 e. The topological polar surface area (TPSA) is 0 Å². The number of fused-ring (bicyclic) bond motifs is 11. The first-order valence-corrected chi connectivity index (χ1v) is 42.2. The molecule has 0 heterocycles. The van der Waals surface area contributed by atoms with E-state index in [1.807, 2.05) is 0 Å². The smallest absolute Gasteiger partial charge is 0.00201 e. The normalized spacial score (nSPS) is 11.4. The van der Waals surface area contributed by atoms with Gasteiger partial charge in [0.05, 0.1) is 0 Å². The van der Waals surface area contributed by atoms with E-state index in [2.05, 4.69) is 485 Å². The molecule has 0 aliphatic rings. The molecule has 122 heavy (non-hydrogen) atoms. The second kappa shape index (κ2) is 31.5. The third-order valence-electron chi connectivity index (χ3n) is 24.9. The molecular weight excluding hydrogens is 1470 g/mol. The van der Waals surface area contributed by atoms with E-state index < -0.39 is 0 Å². The third kappa shape index (κ3) is 13.3.